The number of ether oxygens (including phenoxy) is 1. The van der Waals surface area contributed by atoms with Gasteiger partial charge in [-0.2, -0.15) is 0 Å². The molecule has 0 fully saturated rings. The molecule has 24 heavy (non-hydrogen) atoms. The highest BCUT2D eigenvalue weighted by Crippen LogP contribution is 2.24. The summed E-state index contributed by atoms with van der Waals surface area (Å²) in [6.45, 7) is 3.59. The third kappa shape index (κ3) is 4.67. The maximum Gasteiger partial charge on any atom is 0.335 e. The Hall–Kier alpha value is -2.65. The molecule has 0 bridgehead atoms. The predicted molar refractivity (Wildman–Crippen MR) is 96.4 cm³/mol. The molecule has 0 saturated carbocycles. The van der Waals surface area contributed by atoms with Crippen LogP contribution in [0.2, 0.25) is 0 Å². The minimum absolute atomic E-state index is 0.0897. The number of esters is 1. The molecule has 0 radical (unpaired) electrons. The molecule has 3 nitrogen and oxygen atoms in total. The highest BCUT2D eigenvalue weighted by molar-refractivity contribution is 5.88. The number of hydrogen-bond donors (Lipinski definition) is 1. The van der Waals surface area contributed by atoms with Crippen molar-refractivity contribution in [3.8, 4) is 0 Å². The average Bonchev–Trinajstić information content (AvgIpc) is 2.65. The minimum Gasteiger partial charge on any atom is -0.466 e. The summed E-state index contributed by atoms with van der Waals surface area (Å²) in [6.07, 6.45) is 2.22. The Labute approximate surface area is 142 Å². The van der Waals surface area contributed by atoms with E-state index in [0.717, 1.165) is 16.7 Å². The number of rotatable bonds is 7. The van der Waals surface area contributed by atoms with Gasteiger partial charge in [-0.15, -0.1) is 0 Å². The number of aliphatic hydroxyl groups is 1. The van der Waals surface area contributed by atoms with E-state index in [9.17, 15) is 9.90 Å². The van der Waals surface area contributed by atoms with Gasteiger partial charge in [-0.1, -0.05) is 73.3 Å². The summed E-state index contributed by atoms with van der Waals surface area (Å²) < 4.78 is 4.59. The van der Waals surface area contributed by atoms with E-state index in [-0.39, 0.29) is 5.57 Å². The third-order valence-electron chi connectivity index (χ3n) is 3.81. The Morgan fingerprint density at radius 3 is 2.04 bits per heavy atom. The Morgan fingerprint density at radius 2 is 1.58 bits per heavy atom. The zero-order valence-corrected chi connectivity index (χ0v) is 13.8. The van der Waals surface area contributed by atoms with Crippen LogP contribution in [0, 0.1) is 0 Å². The van der Waals surface area contributed by atoms with Crippen LogP contribution in [0.15, 0.2) is 78.9 Å². The second-order valence-electron chi connectivity index (χ2n) is 5.46. The fraction of sp³-hybridized carbons (Fsp3) is 0.190. The van der Waals surface area contributed by atoms with Crippen molar-refractivity contribution in [3.63, 3.8) is 0 Å². The van der Waals surface area contributed by atoms with E-state index in [0.29, 0.717) is 12.8 Å². The molecule has 0 heterocycles. The summed E-state index contributed by atoms with van der Waals surface area (Å²) in [5.74, 6) is -0.571. The van der Waals surface area contributed by atoms with Crippen molar-refractivity contribution in [3.05, 3.63) is 90.0 Å². The molecular formula is C21H22O3. The zero-order valence-electron chi connectivity index (χ0n) is 13.8. The van der Waals surface area contributed by atoms with E-state index in [4.69, 9.17) is 0 Å². The first-order chi connectivity index (χ1) is 11.6. The predicted octanol–water partition coefficient (Wildman–Crippen LogP) is 3.99. The van der Waals surface area contributed by atoms with Crippen LogP contribution in [-0.2, 0) is 9.53 Å². The van der Waals surface area contributed by atoms with Gasteiger partial charge < -0.3 is 9.84 Å². The van der Waals surface area contributed by atoms with Gasteiger partial charge in [0.1, 0.15) is 0 Å². The maximum absolute atomic E-state index is 11.4. The second-order valence-corrected chi connectivity index (χ2v) is 5.46. The van der Waals surface area contributed by atoms with Crippen LogP contribution in [0.25, 0.3) is 5.57 Å². The van der Waals surface area contributed by atoms with Crippen molar-refractivity contribution in [1.82, 2.24) is 0 Å². The number of aliphatic hydroxyl groups excluding tert-OH is 1. The van der Waals surface area contributed by atoms with Crippen LogP contribution in [0.4, 0.5) is 0 Å². The number of methoxy groups -OCH3 is 1. The van der Waals surface area contributed by atoms with E-state index in [1.807, 2.05) is 36.4 Å². The van der Waals surface area contributed by atoms with Gasteiger partial charge in [0.25, 0.3) is 0 Å². The molecule has 0 aliphatic carbocycles. The van der Waals surface area contributed by atoms with Crippen molar-refractivity contribution < 1.29 is 14.6 Å². The van der Waals surface area contributed by atoms with Crippen molar-refractivity contribution in [2.24, 2.45) is 0 Å². The third-order valence-corrected chi connectivity index (χ3v) is 3.81. The Bertz CT molecular complexity index is 661. The average molecular weight is 322 g/mol. The molecule has 0 amide bonds. The Balaban J connectivity index is 2.15. The number of benzene rings is 2. The first-order valence-corrected chi connectivity index (χ1v) is 7.89. The second kappa shape index (κ2) is 8.85. The van der Waals surface area contributed by atoms with Gasteiger partial charge in [-0.25, -0.2) is 4.79 Å². The van der Waals surface area contributed by atoms with Gasteiger partial charge in [0.2, 0.25) is 0 Å². The van der Waals surface area contributed by atoms with Crippen molar-refractivity contribution in [2.45, 2.75) is 18.9 Å². The lowest BCUT2D eigenvalue weighted by atomic mass is 9.95. The molecule has 1 N–H and O–H groups in total. The zero-order chi connectivity index (χ0) is 17.4. The first-order valence-electron chi connectivity index (χ1n) is 7.89. The molecule has 0 aliphatic rings. The van der Waals surface area contributed by atoms with Crippen molar-refractivity contribution in [2.75, 3.05) is 7.11 Å². The smallest absolute Gasteiger partial charge is 0.335 e. The molecule has 0 aliphatic heterocycles. The number of carbonyl (C=O) groups is 1. The highest BCUT2D eigenvalue weighted by Gasteiger charge is 2.16. The number of allylic oxidation sites excluding steroid dienone is 1. The lowest BCUT2D eigenvalue weighted by molar-refractivity contribution is -0.137. The summed E-state index contributed by atoms with van der Waals surface area (Å²) in [6, 6.07) is 20.2. The van der Waals surface area contributed by atoms with Crippen LogP contribution in [-0.4, -0.2) is 24.3 Å². The van der Waals surface area contributed by atoms with E-state index in [2.05, 4.69) is 41.7 Å². The van der Waals surface area contributed by atoms with Gasteiger partial charge in [0.15, 0.2) is 0 Å². The van der Waals surface area contributed by atoms with Crippen LogP contribution >= 0.6 is 0 Å². The molecule has 2 aromatic rings. The molecule has 124 valence electrons. The molecule has 0 spiro atoms. The summed E-state index contributed by atoms with van der Waals surface area (Å²) in [7, 11) is 1.28. The summed E-state index contributed by atoms with van der Waals surface area (Å²) in [5.41, 5.74) is 3.42. The maximum atomic E-state index is 11.4. The van der Waals surface area contributed by atoms with Gasteiger partial charge in [-0.3, -0.25) is 0 Å². The van der Waals surface area contributed by atoms with Gasteiger partial charge in [-0.05, 0) is 29.5 Å². The largest absolute Gasteiger partial charge is 0.466 e. The summed E-state index contributed by atoms with van der Waals surface area (Å²) in [5, 5.41) is 10.0. The van der Waals surface area contributed by atoms with Crippen molar-refractivity contribution >= 4 is 11.5 Å². The van der Waals surface area contributed by atoms with Crippen molar-refractivity contribution in [1.29, 1.82) is 0 Å². The summed E-state index contributed by atoms with van der Waals surface area (Å²) in [4.78, 5) is 11.4. The van der Waals surface area contributed by atoms with E-state index < -0.39 is 12.1 Å². The summed E-state index contributed by atoms with van der Waals surface area (Å²) >= 11 is 0. The molecule has 1 unspecified atom stereocenters. The number of carbonyl (C=O) groups excluding carboxylic acids is 1. The fourth-order valence-electron chi connectivity index (χ4n) is 2.46. The van der Waals surface area contributed by atoms with Gasteiger partial charge in [0.05, 0.1) is 18.8 Å². The van der Waals surface area contributed by atoms with E-state index >= 15 is 0 Å². The van der Waals surface area contributed by atoms with Crippen LogP contribution in [0.1, 0.15) is 24.0 Å². The molecular weight excluding hydrogens is 300 g/mol. The highest BCUT2D eigenvalue weighted by atomic mass is 16.5. The first kappa shape index (κ1) is 17.7. The molecule has 0 saturated heterocycles. The SMILES string of the molecule is C=C(C(=O)OC)C(O)CCC=C(c1ccccc1)c1ccccc1. The molecule has 0 aromatic heterocycles. The Kier molecular flexibility index (Phi) is 6.52. The number of hydrogen-bond acceptors (Lipinski definition) is 3. The van der Waals surface area contributed by atoms with E-state index in [1.165, 1.54) is 7.11 Å². The van der Waals surface area contributed by atoms with E-state index in [1.54, 1.807) is 0 Å². The lowest BCUT2D eigenvalue weighted by Gasteiger charge is -2.12. The quantitative estimate of drug-likeness (QED) is 0.619. The molecule has 1 atom stereocenters. The minimum atomic E-state index is -0.901. The van der Waals surface area contributed by atoms with Crippen LogP contribution < -0.4 is 0 Å². The van der Waals surface area contributed by atoms with Gasteiger partial charge >= 0.3 is 5.97 Å². The van der Waals surface area contributed by atoms with Gasteiger partial charge in [0, 0.05) is 0 Å². The molecule has 3 heteroatoms. The molecule has 2 aromatic carbocycles. The normalized spacial score (nSPS) is 11.4. The topological polar surface area (TPSA) is 46.5 Å². The fourth-order valence-corrected chi connectivity index (χ4v) is 2.46. The monoisotopic (exact) mass is 322 g/mol. The van der Waals surface area contributed by atoms with Crippen LogP contribution in [0.5, 0.6) is 0 Å². The molecule has 2 rings (SSSR count). The Morgan fingerprint density at radius 1 is 1.08 bits per heavy atom. The van der Waals surface area contributed by atoms with Crippen LogP contribution in [0.3, 0.4) is 0 Å². The lowest BCUT2D eigenvalue weighted by Crippen LogP contribution is -2.18. The standard InChI is InChI=1S/C21H22O3/c1-16(21(23)24-2)20(22)15-9-14-19(17-10-5-3-6-11-17)18-12-7-4-8-13-18/h3-8,10-14,20,22H,1,9,15H2,2H3.